The summed E-state index contributed by atoms with van der Waals surface area (Å²) in [4.78, 5) is 14.4. The third-order valence-corrected chi connectivity index (χ3v) is 4.54. The van der Waals surface area contributed by atoms with Gasteiger partial charge in [0.05, 0.1) is 12.6 Å². The van der Waals surface area contributed by atoms with Crippen molar-refractivity contribution in [2.75, 3.05) is 26.8 Å². The molecule has 2 fully saturated rings. The first kappa shape index (κ1) is 14.5. The Morgan fingerprint density at radius 3 is 3.10 bits per heavy atom. The molecule has 1 spiro atoms. The third kappa shape index (κ3) is 2.58. The van der Waals surface area contributed by atoms with Crippen LogP contribution in [-0.2, 0) is 15.9 Å². The molecule has 0 radical (unpaired) electrons. The minimum atomic E-state index is -0.347. The van der Waals surface area contributed by atoms with Crippen LogP contribution in [-0.4, -0.2) is 54.5 Å². The molecule has 2 saturated heterocycles. The zero-order valence-corrected chi connectivity index (χ0v) is 12.6. The van der Waals surface area contributed by atoms with E-state index in [0.29, 0.717) is 18.8 Å². The molecule has 6 heteroatoms. The van der Waals surface area contributed by atoms with Gasteiger partial charge in [0.1, 0.15) is 11.4 Å². The molecule has 1 amide bonds. The third-order valence-electron chi connectivity index (χ3n) is 4.54. The molecule has 1 aromatic rings. The van der Waals surface area contributed by atoms with Crippen molar-refractivity contribution in [1.29, 1.82) is 0 Å². The Labute approximate surface area is 124 Å². The lowest BCUT2D eigenvalue weighted by molar-refractivity contribution is -0.137. The first-order chi connectivity index (χ1) is 10.2. The first-order valence-corrected chi connectivity index (χ1v) is 7.60. The Hall–Kier alpha value is -1.40. The SMILES string of the molecule is CCc1cc(C(=O)N2CC[C@H](OC)[C@]3(CCCO3)C2)no1. The summed E-state index contributed by atoms with van der Waals surface area (Å²) < 4.78 is 16.7. The molecule has 2 aliphatic rings. The minimum Gasteiger partial charge on any atom is -0.378 e. The number of hydrogen-bond donors (Lipinski definition) is 0. The highest BCUT2D eigenvalue weighted by Gasteiger charge is 2.48. The summed E-state index contributed by atoms with van der Waals surface area (Å²) in [5.74, 6) is 0.653. The maximum absolute atomic E-state index is 12.6. The monoisotopic (exact) mass is 294 g/mol. The van der Waals surface area contributed by atoms with Gasteiger partial charge in [0, 0.05) is 32.7 Å². The number of aryl methyl sites for hydroxylation is 1. The average molecular weight is 294 g/mol. The second-order valence-corrected chi connectivity index (χ2v) is 5.79. The molecule has 0 N–H and O–H groups in total. The summed E-state index contributed by atoms with van der Waals surface area (Å²) in [5.41, 5.74) is 0.0378. The number of nitrogens with zero attached hydrogens (tertiary/aromatic N) is 2. The van der Waals surface area contributed by atoms with Gasteiger partial charge >= 0.3 is 0 Å². The van der Waals surface area contributed by atoms with E-state index in [9.17, 15) is 4.79 Å². The van der Waals surface area contributed by atoms with E-state index >= 15 is 0 Å². The van der Waals surface area contributed by atoms with Crippen molar-refractivity contribution in [2.45, 2.75) is 44.3 Å². The van der Waals surface area contributed by atoms with Gasteiger partial charge in [0.2, 0.25) is 0 Å². The van der Waals surface area contributed by atoms with E-state index in [1.165, 1.54) is 0 Å². The predicted molar refractivity (Wildman–Crippen MR) is 75.1 cm³/mol. The maximum Gasteiger partial charge on any atom is 0.276 e. The number of hydrogen-bond acceptors (Lipinski definition) is 5. The Morgan fingerprint density at radius 2 is 2.48 bits per heavy atom. The van der Waals surface area contributed by atoms with Gasteiger partial charge < -0.3 is 18.9 Å². The maximum atomic E-state index is 12.6. The number of carbonyl (C=O) groups excluding carboxylic acids is 1. The molecule has 6 nitrogen and oxygen atoms in total. The Kier molecular flexibility index (Phi) is 3.99. The van der Waals surface area contributed by atoms with Crippen LogP contribution >= 0.6 is 0 Å². The summed E-state index contributed by atoms with van der Waals surface area (Å²) in [6.45, 7) is 3.95. The van der Waals surface area contributed by atoms with Crippen molar-refractivity contribution in [3.8, 4) is 0 Å². The second kappa shape index (κ2) is 5.77. The lowest BCUT2D eigenvalue weighted by Crippen LogP contribution is -2.58. The van der Waals surface area contributed by atoms with Crippen LogP contribution in [0.1, 0.15) is 42.4 Å². The number of piperidine rings is 1. The van der Waals surface area contributed by atoms with Crippen LogP contribution in [0.25, 0.3) is 0 Å². The molecule has 2 aliphatic heterocycles. The predicted octanol–water partition coefficient (Wildman–Crippen LogP) is 1.65. The van der Waals surface area contributed by atoms with Crippen LogP contribution < -0.4 is 0 Å². The van der Waals surface area contributed by atoms with Gasteiger partial charge in [-0.15, -0.1) is 0 Å². The standard InChI is InChI=1S/C15H22N2O4/c1-3-11-9-12(16-21-11)14(18)17-7-5-13(19-2)15(10-17)6-4-8-20-15/h9,13H,3-8,10H2,1-2H3/t13-,15-/m0/s1. The van der Waals surface area contributed by atoms with Crippen molar-refractivity contribution in [2.24, 2.45) is 0 Å². The van der Waals surface area contributed by atoms with E-state index in [2.05, 4.69) is 5.16 Å². The summed E-state index contributed by atoms with van der Waals surface area (Å²) in [6.07, 6.45) is 3.55. The highest BCUT2D eigenvalue weighted by atomic mass is 16.6. The number of amides is 1. The van der Waals surface area contributed by atoms with Crippen molar-refractivity contribution in [3.63, 3.8) is 0 Å². The van der Waals surface area contributed by atoms with Gasteiger partial charge in [-0.1, -0.05) is 12.1 Å². The number of rotatable bonds is 3. The molecule has 0 aromatic carbocycles. The number of carbonyl (C=O) groups is 1. The van der Waals surface area contributed by atoms with Gasteiger partial charge in [-0.2, -0.15) is 0 Å². The van der Waals surface area contributed by atoms with Gasteiger partial charge in [-0.05, 0) is 19.3 Å². The highest BCUT2D eigenvalue weighted by Crippen LogP contribution is 2.36. The lowest BCUT2D eigenvalue weighted by Gasteiger charge is -2.44. The van der Waals surface area contributed by atoms with Gasteiger partial charge in [0.25, 0.3) is 5.91 Å². The molecular weight excluding hydrogens is 272 g/mol. The van der Waals surface area contributed by atoms with E-state index in [0.717, 1.165) is 38.1 Å². The lowest BCUT2D eigenvalue weighted by atomic mass is 9.86. The Morgan fingerprint density at radius 1 is 1.62 bits per heavy atom. The Balaban J connectivity index is 1.75. The summed E-state index contributed by atoms with van der Waals surface area (Å²) in [6, 6.07) is 1.73. The van der Waals surface area contributed by atoms with Crippen LogP contribution in [0.15, 0.2) is 10.6 Å². The highest BCUT2D eigenvalue weighted by molar-refractivity contribution is 5.92. The number of aromatic nitrogens is 1. The molecule has 0 saturated carbocycles. The van der Waals surface area contributed by atoms with E-state index in [4.69, 9.17) is 14.0 Å². The molecule has 3 rings (SSSR count). The quantitative estimate of drug-likeness (QED) is 0.848. The van der Waals surface area contributed by atoms with Gasteiger partial charge in [-0.3, -0.25) is 4.79 Å². The fourth-order valence-corrected chi connectivity index (χ4v) is 3.39. The van der Waals surface area contributed by atoms with Crippen molar-refractivity contribution >= 4 is 5.91 Å². The second-order valence-electron chi connectivity index (χ2n) is 5.79. The molecular formula is C15H22N2O4. The zero-order valence-electron chi connectivity index (χ0n) is 12.6. The first-order valence-electron chi connectivity index (χ1n) is 7.60. The van der Waals surface area contributed by atoms with Gasteiger partial charge in [-0.25, -0.2) is 0 Å². The minimum absolute atomic E-state index is 0.0626. The zero-order chi connectivity index (χ0) is 14.9. The molecule has 0 unspecified atom stereocenters. The van der Waals surface area contributed by atoms with E-state index < -0.39 is 0 Å². The fourth-order valence-electron chi connectivity index (χ4n) is 3.39. The van der Waals surface area contributed by atoms with E-state index in [1.54, 1.807) is 13.2 Å². The largest absolute Gasteiger partial charge is 0.378 e. The summed E-state index contributed by atoms with van der Waals surface area (Å²) >= 11 is 0. The van der Waals surface area contributed by atoms with Crippen LogP contribution in [0.5, 0.6) is 0 Å². The fraction of sp³-hybridized carbons (Fsp3) is 0.733. The normalized spacial score (nSPS) is 29.2. The van der Waals surface area contributed by atoms with Crippen LogP contribution in [0, 0.1) is 0 Å². The Bertz CT molecular complexity index is 508. The van der Waals surface area contributed by atoms with Crippen molar-refractivity contribution < 1.29 is 18.8 Å². The molecule has 0 aliphatic carbocycles. The van der Waals surface area contributed by atoms with Gasteiger partial charge in [0.15, 0.2) is 5.69 Å². The van der Waals surface area contributed by atoms with Crippen molar-refractivity contribution in [1.82, 2.24) is 10.1 Å². The van der Waals surface area contributed by atoms with Crippen LogP contribution in [0.4, 0.5) is 0 Å². The molecule has 116 valence electrons. The van der Waals surface area contributed by atoms with Crippen LogP contribution in [0.3, 0.4) is 0 Å². The summed E-state index contributed by atoms with van der Waals surface area (Å²) in [7, 11) is 1.72. The topological polar surface area (TPSA) is 64.8 Å². The summed E-state index contributed by atoms with van der Waals surface area (Å²) in [5, 5.41) is 3.88. The molecule has 1 aromatic heterocycles. The van der Waals surface area contributed by atoms with Crippen molar-refractivity contribution in [3.05, 3.63) is 17.5 Å². The molecule has 2 atom stereocenters. The smallest absolute Gasteiger partial charge is 0.276 e. The molecule has 0 bridgehead atoms. The molecule has 21 heavy (non-hydrogen) atoms. The molecule has 3 heterocycles. The van der Waals surface area contributed by atoms with E-state index in [-0.39, 0.29) is 17.6 Å². The van der Waals surface area contributed by atoms with Crippen LogP contribution in [0.2, 0.25) is 0 Å². The average Bonchev–Trinajstić information content (AvgIpc) is 3.16. The number of likely N-dealkylation sites (tertiary alicyclic amines) is 1. The number of ether oxygens (including phenoxy) is 2. The van der Waals surface area contributed by atoms with E-state index in [1.807, 2.05) is 11.8 Å². The number of methoxy groups -OCH3 is 1.